The third-order valence-electron chi connectivity index (χ3n) is 5.55. The number of rotatable bonds is 5. The van der Waals surface area contributed by atoms with Crippen molar-refractivity contribution in [2.45, 2.75) is 32.5 Å². The van der Waals surface area contributed by atoms with Crippen LogP contribution in [0.5, 0.6) is 11.5 Å². The molecule has 0 saturated heterocycles. The van der Waals surface area contributed by atoms with Crippen molar-refractivity contribution in [2.24, 2.45) is 0 Å². The quantitative estimate of drug-likeness (QED) is 0.639. The van der Waals surface area contributed by atoms with Crippen LogP contribution in [0.4, 0.5) is 0 Å². The summed E-state index contributed by atoms with van der Waals surface area (Å²) in [6.45, 7) is 5.12. The molecule has 0 aliphatic carbocycles. The molecule has 4 heteroatoms. The summed E-state index contributed by atoms with van der Waals surface area (Å²) in [5, 5.41) is 0. The number of para-hydroxylation sites is 1. The van der Waals surface area contributed by atoms with E-state index in [1.807, 2.05) is 6.07 Å². The number of ether oxygens (including phenoxy) is 2. The van der Waals surface area contributed by atoms with Crippen LogP contribution < -0.4 is 9.47 Å². The minimum atomic E-state index is 0.114. The Hall–Kier alpha value is -2.72. The van der Waals surface area contributed by atoms with Crippen LogP contribution in [0.1, 0.15) is 34.8 Å². The van der Waals surface area contributed by atoms with Gasteiger partial charge in [-0.3, -0.25) is 4.90 Å². The Labute approximate surface area is 167 Å². The van der Waals surface area contributed by atoms with E-state index in [1.54, 1.807) is 14.2 Å². The molecule has 28 heavy (non-hydrogen) atoms. The maximum atomic E-state index is 5.81. The number of fused-ring (bicyclic) bond motifs is 1. The van der Waals surface area contributed by atoms with Crippen LogP contribution in [0.15, 0.2) is 60.8 Å². The molecule has 0 saturated carbocycles. The van der Waals surface area contributed by atoms with Crippen molar-refractivity contribution in [3.8, 4) is 11.5 Å². The summed E-state index contributed by atoms with van der Waals surface area (Å²) in [4.78, 5) is 2.56. The highest BCUT2D eigenvalue weighted by Gasteiger charge is 2.30. The van der Waals surface area contributed by atoms with Crippen molar-refractivity contribution in [3.05, 3.63) is 83.2 Å². The fourth-order valence-electron chi connectivity index (χ4n) is 4.34. The van der Waals surface area contributed by atoms with E-state index in [4.69, 9.17) is 9.47 Å². The molecule has 0 spiro atoms. The van der Waals surface area contributed by atoms with Gasteiger partial charge in [-0.15, -0.1) is 0 Å². The van der Waals surface area contributed by atoms with Crippen molar-refractivity contribution in [1.82, 2.24) is 9.47 Å². The number of hydrogen-bond donors (Lipinski definition) is 0. The lowest BCUT2D eigenvalue weighted by Gasteiger charge is -2.32. The third kappa shape index (κ3) is 3.52. The summed E-state index contributed by atoms with van der Waals surface area (Å²) >= 11 is 0. The monoisotopic (exact) mass is 376 g/mol. The molecule has 0 fully saturated rings. The van der Waals surface area contributed by atoms with Crippen LogP contribution in [-0.4, -0.2) is 30.2 Å². The van der Waals surface area contributed by atoms with Crippen molar-refractivity contribution >= 4 is 0 Å². The highest BCUT2D eigenvalue weighted by atomic mass is 16.5. The first-order valence-electron chi connectivity index (χ1n) is 9.87. The maximum absolute atomic E-state index is 5.81. The normalized spacial score (nSPS) is 17.0. The predicted octanol–water partition coefficient (Wildman–Crippen LogP) is 4.81. The highest BCUT2D eigenvalue weighted by molar-refractivity contribution is 5.50. The first kappa shape index (κ1) is 18.6. The summed E-state index contributed by atoms with van der Waals surface area (Å²) < 4.78 is 13.8. The molecule has 4 rings (SSSR count). The number of methoxy groups -OCH3 is 2. The van der Waals surface area contributed by atoms with Crippen molar-refractivity contribution < 1.29 is 9.47 Å². The van der Waals surface area contributed by atoms with Gasteiger partial charge in [-0.2, -0.15) is 0 Å². The van der Waals surface area contributed by atoms with Gasteiger partial charge in [0.2, 0.25) is 0 Å². The number of benzene rings is 2. The molecular weight excluding hydrogens is 348 g/mol. The molecule has 0 N–H and O–H groups in total. The maximum Gasteiger partial charge on any atom is 0.165 e. The molecule has 3 aromatic rings. The molecule has 146 valence electrons. The molecular formula is C24H28N2O2. The second-order valence-corrected chi connectivity index (χ2v) is 7.42. The van der Waals surface area contributed by atoms with E-state index in [9.17, 15) is 0 Å². The SMILES string of the molecule is COc1cccc([C@@H]2c3cccn3CCCN2Cc2cccc(C)c2)c1OC. The molecule has 1 aromatic heterocycles. The van der Waals surface area contributed by atoms with Gasteiger partial charge < -0.3 is 14.0 Å². The summed E-state index contributed by atoms with van der Waals surface area (Å²) in [7, 11) is 3.42. The predicted molar refractivity (Wildman–Crippen MR) is 112 cm³/mol. The van der Waals surface area contributed by atoms with E-state index in [0.29, 0.717) is 0 Å². The summed E-state index contributed by atoms with van der Waals surface area (Å²) in [5.74, 6) is 1.59. The lowest BCUT2D eigenvalue weighted by molar-refractivity contribution is 0.215. The smallest absolute Gasteiger partial charge is 0.165 e. The van der Waals surface area contributed by atoms with Crippen LogP contribution in [0, 0.1) is 6.92 Å². The molecule has 2 heterocycles. The second-order valence-electron chi connectivity index (χ2n) is 7.42. The Bertz CT molecular complexity index is 947. The van der Waals surface area contributed by atoms with E-state index in [-0.39, 0.29) is 6.04 Å². The van der Waals surface area contributed by atoms with Crippen molar-refractivity contribution in [2.75, 3.05) is 20.8 Å². The van der Waals surface area contributed by atoms with Crippen molar-refractivity contribution in [3.63, 3.8) is 0 Å². The van der Waals surface area contributed by atoms with Crippen LogP contribution in [0.2, 0.25) is 0 Å². The zero-order valence-corrected chi connectivity index (χ0v) is 16.9. The van der Waals surface area contributed by atoms with Crippen LogP contribution in [-0.2, 0) is 13.1 Å². The number of hydrogen-bond acceptors (Lipinski definition) is 3. The van der Waals surface area contributed by atoms with Crippen LogP contribution >= 0.6 is 0 Å². The van der Waals surface area contributed by atoms with E-state index in [2.05, 4.69) is 71.1 Å². The van der Waals surface area contributed by atoms with Gasteiger partial charge in [0.15, 0.2) is 11.5 Å². The van der Waals surface area contributed by atoms with E-state index < -0.39 is 0 Å². The van der Waals surface area contributed by atoms with E-state index in [0.717, 1.165) is 43.1 Å². The Morgan fingerprint density at radius 2 is 1.82 bits per heavy atom. The topological polar surface area (TPSA) is 26.6 Å². The Kier molecular flexibility index (Phi) is 5.40. The number of aryl methyl sites for hydroxylation is 2. The van der Waals surface area contributed by atoms with Crippen molar-refractivity contribution in [1.29, 1.82) is 0 Å². The van der Waals surface area contributed by atoms with Crippen LogP contribution in [0.3, 0.4) is 0 Å². The molecule has 1 aliphatic rings. The third-order valence-corrected chi connectivity index (χ3v) is 5.55. The highest BCUT2D eigenvalue weighted by Crippen LogP contribution is 2.41. The Morgan fingerprint density at radius 3 is 2.61 bits per heavy atom. The average Bonchev–Trinajstić information content (AvgIpc) is 3.09. The minimum absolute atomic E-state index is 0.114. The first-order chi connectivity index (χ1) is 13.7. The molecule has 1 aliphatic heterocycles. The fraction of sp³-hybridized carbons (Fsp3) is 0.333. The largest absolute Gasteiger partial charge is 0.493 e. The summed E-state index contributed by atoms with van der Waals surface area (Å²) in [6, 6.07) is 19.5. The molecule has 1 atom stereocenters. The fourth-order valence-corrected chi connectivity index (χ4v) is 4.34. The molecule has 0 radical (unpaired) electrons. The second kappa shape index (κ2) is 8.11. The standard InChI is InChI=1S/C24H28N2O2/c1-18-8-4-9-19(16-18)17-26-15-7-14-25-13-6-11-21(25)23(26)20-10-5-12-22(27-2)24(20)28-3/h4-6,8-13,16,23H,7,14-15,17H2,1-3H3/t23-/m1/s1. The van der Waals surface area contributed by atoms with Gasteiger partial charge in [0.1, 0.15) is 0 Å². The van der Waals surface area contributed by atoms with Gasteiger partial charge in [0.05, 0.1) is 20.3 Å². The molecule has 0 bridgehead atoms. The molecule has 0 amide bonds. The van der Waals surface area contributed by atoms with Gasteiger partial charge >= 0.3 is 0 Å². The number of nitrogens with zero attached hydrogens (tertiary/aromatic N) is 2. The lowest BCUT2D eigenvalue weighted by Crippen LogP contribution is -2.30. The van der Waals surface area contributed by atoms with Gasteiger partial charge in [-0.05, 0) is 37.1 Å². The van der Waals surface area contributed by atoms with Crippen LogP contribution in [0.25, 0.3) is 0 Å². The number of aromatic nitrogens is 1. The molecule has 2 aromatic carbocycles. The Morgan fingerprint density at radius 1 is 0.964 bits per heavy atom. The molecule has 4 nitrogen and oxygen atoms in total. The zero-order valence-electron chi connectivity index (χ0n) is 16.9. The lowest BCUT2D eigenvalue weighted by atomic mass is 9.99. The van der Waals surface area contributed by atoms with E-state index in [1.165, 1.54) is 16.8 Å². The summed E-state index contributed by atoms with van der Waals surface area (Å²) in [5.41, 5.74) is 5.09. The minimum Gasteiger partial charge on any atom is -0.493 e. The van der Waals surface area contributed by atoms with Gasteiger partial charge in [0, 0.05) is 37.1 Å². The van der Waals surface area contributed by atoms with Gasteiger partial charge in [-0.1, -0.05) is 42.0 Å². The van der Waals surface area contributed by atoms with E-state index >= 15 is 0 Å². The van der Waals surface area contributed by atoms with Gasteiger partial charge in [-0.25, -0.2) is 0 Å². The average molecular weight is 377 g/mol. The first-order valence-corrected chi connectivity index (χ1v) is 9.87. The summed E-state index contributed by atoms with van der Waals surface area (Å²) in [6.07, 6.45) is 3.31. The Balaban J connectivity index is 1.81. The van der Waals surface area contributed by atoms with Gasteiger partial charge in [0.25, 0.3) is 0 Å². The molecule has 0 unspecified atom stereocenters. The zero-order chi connectivity index (χ0) is 19.5.